The number of fused-ring (bicyclic) bond motifs is 1. The lowest BCUT2D eigenvalue weighted by molar-refractivity contribution is -0.117. The Kier molecular flexibility index (Phi) is 2.96. The van der Waals surface area contributed by atoms with Crippen LogP contribution in [0.1, 0.15) is 31.4 Å². The molecule has 0 aromatic heterocycles. The molecule has 1 aliphatic heterocycles. The molecule has 90 valence electrons. The molecule has 4 heteroatoms. The molecule has 1 aromatic rings. The van der Waals surface area contributed by atoms with Gasteiger partial charge in [-0.2, -0.15) is 0 Å². The Labute approximate surface area is 101 Å². The van der Waals surface area contributed by atoms with E-state index in [4.69, 9.17) is 0 Å². The van der Waals surface area contributed by atoms with Gasteiger partial charge in [-0.05, 0) is 43.5 Å². The molecule has 1 heterocycles. The van der Waals surface area contributed by atoms with E-state index in [2.05, 4.69) is 5.18 Å². The molecule has 0 bridgehead atoms. The normalized spacial score (nSPS) is 18.8. The summed E-state index contributed by atoms with van der Waals surface area (Å²) >= 11 is 0. The van der Waals surface area contributed by atoms with Gasteiger partial charge in [0.2, 0.25) is 5.91 Å². The molecular formula is C13H16N2O2. The number of carbonyl (C=O) groups is 1. The SMILES string of the molecule is CC(=O)N1c2ccc(C)c(N=O)c2CC[C@@H]1C. The maximum absolute atomic E-state index is 11.7. The molecule has 0 aliphatic carbocycles. The second kappa shape index (κ2) is 4.28. The fourth-order valence-electron chi connectivity index (χ4n) is 2.54. The summed E-state index contributed by atoms with van der Waals surface area (Å²) in [5.74, 6) is 0.0131. The maximum Gasteiger partial charge on any atom is 0.224 e. The Morgan fingerprint density at radius 2 is 2.18 bits per heavy atom. The van der Waals surface area contributed by atoms with Crippen LogP contribution in [0.2, 0.25) is 0 Å². The number of nitrogens with zero attached hydrogens (tertiary/aromatic N) is 2. The molecule has 1 aromatic carbocycles. The van der Waals surface area contributed by atoms with Crippen LogP contribution >= 0.6 is 0 Å². The molecule has 17 heavy (non-hydrogen) atoms. The molecule has 0 unspecified atom stereocenters. The first-order valence-electron chi connectivity index (χ1n) is 5.82. The van der Waals surface area contributed by atoms with E-state index < -0.39 is 0 Å². The van der Waals surface area contributed by atoms with Crippen molar-refractivity contribution in [2.24, 2.45) is 5.18 Å². The molecule has 0 N–H and O–H groups in total. The lowest BCUT2D eigenvalue weighted by Crippen LogP contribution is -2.40. The average molecular weight is 232 g/mol. The van der Waals surface area contributed by atoms with E-state index >= 15 is 0 Å². The van der Waals surface area contributed by atoms with Gasteiger partial charge in [-0.15, -0.1) is 4.91 Å². The molecule has 1 atom stereocenters. The van der Waals surface area contributed by atoms with Gasteiger partial charge in [-0.1, -0.05) is 6.07 Å². The summed E-state index contributed by atoms with van der Waals surface area (Å²) in [6.45, 7) is 5.45. The largest absolute Gasteiger partial charge is 0.310 e. The van der Waals surface area contributed by atoms with Gasteiger partial charge >= 0.3 is 0 Å². The summed E-state index contributed by atoms with van der Waals surface area (Å²) in [5, 5.41) is 3.11. The highest BCUT2D eigenvalue weighted by Gasteiger charge is 2.28. The second-order valence-electron chi connectivity index (χ2n) is 4.60. The lowest BCUT2D eigenvalue weighted by atomic mass is 9.93. The molecule has 0 radical (unpaired) electrons. The monoisotopic (exact) mass is 232 g/mol. The number of benzene rings is 1. The highest BCUT2D eigenvalue weighted by atomic mass is 16.3. The minimum atomic E-state index is 0.0131. The van der Waals surface area contributed by atoms with E-state index in [9.17, 15) is 9.70 Å². The molecule has 4 nitrogen and oxygen atoms in total. The van der Waals surface area contributed by atoms with Gasteiger partial charge in [0.1, 0.15) is 5.69 Å². The smallest absolute Gasteiger partial charge is 0.224 e. The second-order valence-corrected chi connectivity index (χ2v) is 4.60. The van der Waals surface area contributed by atoms with Gasteiger partial charge < -0.3 is 4.90 Å². The number of amides is 1. The average Bonchev–Trinajstić information content (AvgIpc) is 2.28. The van der Waals surface area contributed by atoms with Gasteiger partial charge in [0, 0.05) is 24.2 Å². The van der Waals surface area contributed by atoms with Crippen molar-refractivity contribution in [2.75, 3.05) is 4.90 Å². The van der Waals surface area contributed by atoms with Gasteiger partial charge in [-0.3, -0.25) is 4.79 Å². The standard InChI is InChI=1S/C13H16N2O2/c1-8-4-7-12-11(13(8)14-17)6-5-9(2)15(12)10(3)16/h4,7,9H,5-6H2,1-3H3/t9-/m0/s1. The summed E-state index contributed by atoms with van der Waals surface area (Å²) in [6, 6.07) is 3.95. The Hall–Kier alpha value is -1.71. The molecule has 0 spiro atoms. The summed E-state index contributed by atoms with van der Waals surface area (Å²) in [4.78, 5) is 24.3. The number of rotatable bonds is 1. The minimum absolute atomic E-state index is 0.0131. The van der Waals surface area contributed by atoms with Crippen molar-refractivity contribution in [3.8, 4) is 0 Å². The van der Waals surface area contributed by atoms with Crippen LogP contribution in [-0.2, 0) is 11.2 Å². The van der Waals surface area contributed by atoms with Crippen LogP contribution in [0, 0.1) is 11.8 Å². The number of hydrogen-bond acceptors (Lipinski definition) is 3. The third kappa shape index (κ3) is 1.84. The predicted molar refractivity (Wildman–Crippen MR) is 67.6 cm³/mol. The summed E-state index contributed by atoms with van der Waals surface area (Å²) < 4.78 is 0. The molecule has 1 amide bonds. The van der Waals surface area contributed by atoms with Gasteiger partial charge in [-0.25, -0.2) is 0 Å². The van der Waals surface area contributed by atoms with E-state index in [-0.39, 0.29) is 11.9 Å². The minimum Gasteiger partial charge on any atom is -0.310 e. The van der Waals surface area contributed by atoms with Crippen LogP contribution in [0.5, 0.6) is 0 Å². The Balaban J connectivity index is 2.62. The number of aryl methyl sites for hydroxylation is 1. The summed E-state index contributed by atoms with van der Waals surface area (Å²) in [6.07, 6.45) is 1.68. The third-order valence-electron chi connectivity index (χ3n) is 3.40. The molecule has 2 rings (SSSR count). The van der Waals surface area contributed by atoms with Crippen LogP contribution in [0.3, 0.4) is 0 Å². The fourth-order valence-corrected chi connectivity index (χ4v) is 2.54. The van der Waals surface area contributed by atoms with Crippen molar-refractivity contribution in [3.63, 3.8) is 0 Å². The van der Waals surface area contributed by atoms with Crippen LogP contribution < -0.4 is 4.90 Å². The summed E-state index contributed by atoms with van der Waals surface area (Å²) in [7, 11) is 0. The zero-order valence-corrected chi connectivity index (χ0v) is 10.4. The molecule has 1 aliphatic rings. The Morgan fingerprint density at radius 1 is 1.47 bits per heavy atom. The van der Waals surface area contributed by atoms with Gasteiger partial charge in [0.25, 0.3) is 0 Å². The fraction of sp³-hybridized carbons (Fsp3) is 0.462. The van der Waals surface area contributed by atoms with Crippen LogP contribution in [-0.4, -0.2) is 11.9 Å². The van der Waals surface area contributed by atoms with E-state index in [1.807, 2.05) is 26.0 Å². The van der Waals surface area contributed by atoms with Crippen LogP contribution in [0.15, 0.2) is 17.3 Å². The number of anilines is 1. The lowest BCUT2D eigenvalue weighted by Gasteiger charge is -2.35. The van der Waals surface area contributed by atoms with Gasteiger partial charge in [0.15, 0.2) is 0 Å². The van der Waals surface area contributed by atoms with E-state index in [0.29, 0.717) is 5.69 Å². The van der Waals surface area contributed by atoms with Crippen LogP contribution in [0.4, 0.5) is 11.4 Å². The molecule has 0 fully saturated rings. The first-order valence-corrected chi connectivity index (χ1v) is 5.82. The van der Waals surface area contributed by atoms with E-state index in [1.165, 1.54) is 0 Å². The number of carbonyl (C=O) groups excluding carboxylic acids is 1. The molecule has 0 saturated carbocycles. The van der Waals surface area contributed by atoms with E-state index in [1.54, 1.807) is 11.8 Å². The maximum atomic E-state index is 11.7. The number of hydrogen-bond donors (Lipinski definition) is 0. The third-order valence-corrected chi connectivity index (χ3v) is 3.40. The van der Waals surface area contributed by atoms with E-state index in [0.717, 1.165) is 29.7 Å². The van der Waals surface area contributed by atoms with Crippen LogP contribution in [0.25, 0.3) is 0 Å². The zero-order chi connectivity index (χ0) is 12.6. The quantitative estimate of drug-likeness (QED) is 0.698. The van der Waals surface area contributed by atoms with Crippen molar-refractivity contribution in [1.29, 1.82) is 0 Å². The Morgan fingerprint density at radius 3 is 2.76 bits per heavy atom. The Bertz CT molecular complexity index is 483. The predicted octanol–water partition coefficient (Wildman–Crippen LogP) is 3.08. The highest BCUT2D eigenvalue weighted by molar-refractivity contribution is 5.94. The summed E-state index contributed by atoms with van der Waals surface area (Å²) in [5.41, 5.74) is 3.13. The first kappa shape index (κ1) is 11.8. The van der Waals surface area contributed by atoms with Crippen molar-refractivity contribution in [2.45, 2.75) is 39.7 Å². The molecular weight excluding hydrogens is 216 g/mol. The first-order chi connectivity index (χ1) is 8.06. The van der Waals surface area contributed by atoms with Crippen molar-refractivity contribution in [3.05, 3.63) is 28.2 Å². The topological polar surface area (TPSA) is 49.7 Å². The number of nitroso groups, excluding NO2 is 1. The van der Waals surface area contributed by atoms with Crippen molar-refractivity contribution < 1.29 is 4.79 Å². The molecule has 0 saturated heterocycles. The highest BCUT2D eigenvalue weighted by Crippen LogP contribution is 2.38. The zero-order valence-electron chi connectivity index (χ0n) is 10.4. The van der Waals surface area contributed by atoms with Crippen molar-refractivity contribution >= 4 is 17.3 Å². The van der Waals surface area contributed by atoms with Crippen molar-refractivity contribution in [1.82, 2.24) is 0 Å². The van der Waals surface area contributed by atoms with Gasteiger partial charge in [0.05, 0.1) is 0 Å².